The Bertz CT molecular complexity index is 562. The summed E-state index contributed by atoms with van der Waals surface area (Å²) in [6.07, 6.45) is 2.80. The quantitative estimate of drug-likeness (QED) is 0.404. The van der Waals surface area contributed by atoms with Crippen LogP contribution in [0.1, 0.15) is 10.5 Å². The number of nitrogens with zero attached hydrogens (tertiary/aromatic N) is 2. The largest absolute Gasteiger partial charge is 0.492 e. The Morgan fingerprint density at radius 1 is 1.25 bits per heavy atom. The highest BCUT2D eigenvalue weighted by molar-refractivity contribution is 5.92. The lowest BCUT2D eigenvalue weighted by Crippen LogP contribution is -2.29. The van der Waals surface area contributed by atoms with E-state index in [-0.39, 0.29) is 11.6 Å². The number of anilines is 1. The maximum atomic E-state index is 11.8. The minimum atomic E-state index is -0.328. The van der Waals surface area contributed by atoms with Crippen molar-refractivity contribution in [3.8, 4) is 5.75 Å². The molecular formula is C13H15N5O2. The van der Waals surface area contributed by atoms with Crippen LogP contribution in [0.3, 0.4) is 0 Å². The molecule has 20 heavy (non-hydrogen) atoms. The number of para-hydroxylation sites is 1. The van der Waals surface area contributed by atoms with Crippen LogP contribution >= 0.6 is 0 Å². The van der Waals surface area contributed by atoms with Crippen LogP contribution in [0, 0.1) is 0 Å². The first-order valence-electron chi connectivity index (χ1n) is 6.04. The van der Waals surface area contributed by atoms with Gasteiger partial charge in [-0.05, 0) is 12.1 Å². The van der Waals surface area contributed by atoms with Gasteiger partial charge in [0.05, 0.1) is 18.9 Å². The van der Waals surface area contributed by atoms with Crippen molar-refractivity contribution in [2.24, 2.45) is 5.84 Å². The standard InChI is InChI=1S/C13H15N5O2/c14-18-12-9-15-8-11(17-12)13(19)16-6-7-20-10-4-2-1-3-5-10/h1-5,8-9H,6-7,14H2,(H,16,19)(H,17,18). The van der Waals surface area contributed by atoms with Crippen LogP contribution in [0.25, 0.3) is 0 Å². The van der Waals surface area contributed by atoms with E-state index in [2.05, 4.69) is 20.7 Å². The number of aromatic nitrogens is 2. The third kappa shape index (κ3) is 3.92. The molecule has 1 amide bonds. The van der Waals surface area contributed by atoms with E-state index >= 15 is 0 Å². The van der Waals surface area contributed by atoms with Crippen LogP contribution in [-0.4, -0.2) is 29.0 Å². The zero-order valence-corrected chi connectivity index (χ0v) is 10.7. The lowest BCUT2D eigenvalue weighted by atomic mass is 10.3. The summed E-state index contributed by atoms with van der Waals surface area (Å²) in [5.41, 5.74) is 2.53. The average Bonchev–Trinajstić information content (AvgIpc) is 2.52. The summed E-state index contributed by atoms with van der Waals surface area (Å²) in [6.45, 7) is 0.744. The molecule has 0 saturated carbocycles. The van der Waals surface area contributed by atoms with Crippen LogP contribution in [0.15, 0.2) is 42.7 Å². The third-order valence-corrected chi connectivity index (χ3v) is 2.41. The molecule has 0 aliphatic rings. The van der Waals surface area contributed by atoms with Crippen molar-refractivity contribution in [3.05, 3.63) is 48.4 Å². The van der Waals surface area contributed by atoms with E-state index in [9.17, 15) is 4.79 Å². The second-order valence-corrected chi connectivity index (χ2v) is 3.85. The van der Waals surface area contributed by atoms with Crippen molar-refractivity contribution < 1.29 is 9.53 Å². The first-order chi connectivity index (χ1) is 9.79. The molecule has 2 aromatic rings. The molecule has 0 atom stereocenters. The van der Waals surface area contributed by atoms with Crippen molar-refractivity contribution in [2.45, 2.75) is 0 Å². The molecule has 1 aromatic carbocycles. The van der Waals surface area contributed by atoms with Gasteiger partial charge in [0, 0.05) is 0 Å². The SMILES string of the molecule is NNc1cncc(C(=O)NCCOc2ccccc2)n1. The third-order valence-electron chi connectivity index (χ3n) is 2.41. The maximum Gasteiger partial charge on any atom is 0.271 e. The van der Waals surface area contributed by atoms with Crippen LogP contribution in [0.2, 0.25) is 0 Å². The molecule has 7 nitrogen and oxygen atoms in total. The average molecular weight is 273 g/mol. The first-order valence-corrected chi connectivity index (χ1v) is 6.04. The van der Waals surface area contributed by atoms with E-state index in [0.29, 0.717) is 19.0 Å². The van der Waals surface area contributed by atoms with Crippen LogP contribution in [0.4, 0.5) is 5.82 Å². The Labute approximate surface area is 116 Å². The molecule has 0 spiro atoms. The normalized spacial score (nSPS) is 9.85. The van der Waals surface area contributed by atoms with Crippen LogP contribution in [-0.2, 0) is 0 Å². The van der Waals surface area contributed by atoms with E-state index < -0.39 is 0 Å². The lowest BCUT2D eigenvalue weighted by Gasteiger charge is -2.07. The van der Waals surface area contributed by atoms with E-state index in [1.807, 2.05) is 30.3 Å². The highest BCUT2D eigenvalue weighted by Gasteiger charge is 2.07. The molecule has 0 unspecified atom stereocenters. The number of ether oxygens (including phenoxy) is 1. The summed E-state index contributed by atoms with van der Waals surface area (Å²) in [6, 6.07) is 9.38. The molecule has 0 fully saturated rings. The molecule has 4 N–H and O–H groups in total. The maximum absolute atomic E-state index is 11.8. The van der Waals surface area contributed by atoms with Gasteiger partial charge in [0.1, 0.15) is 18.1 Å². The highest BCUT2D eigenvalue weighted by Crippen LogP contribution is 2.07. The van der Waals surface area contributed by atoms with Gasteiger partial charge in [-0.25, -0.2) is 10.8 Å². The van der Waals surface area contributed by atoms with Crippen LogP contribution < -0.4 is 21.3 Å². The summed E-state index contributed by atoms with van der Waals surface area (Å²) in [4.78, 5) is 19.6. The Morgan fingerprint density at radius 3 is 2.80 bits per heavy atom. The summed E-state index contributed by atoms with van der Waals surface area (Å²) in [5, 5.41) is 2.69. The van der Waals surface area contributed by atoms with Gasteiger partial charge >= 0.3 is 0 Å². The molecule has 0 aliphatic carbocycles. The second-order valence-electron chi connectivity index (χ2n) is 3.85. The lowest BCUT2D eigenvalue weighted by molar-refractivity contribution is 0.0941. The van der Waals surface area contributed by atoms with Gasteiger partial charge in [-0.1, -0.05) is 18.2 Å². The van der Waals surface area contributed by atoms with Gasteiger partial charge in [0.15, 0.2) is 5.82 Å². The molecule has 7 heteroatoms. The molecule has 0 saturated heterocycles. The van der Waals surface area contributed by atoms with E-state index in [4.69, 9.17) is 10.6 Å². The number of amides is 1. The Hall–Kier alpha value is -2.67. The molecule has 104 valence electrons. The number of carbonyl (C=O) groups is 1. The Kier molecular flexibility index (Phi) is 4.85. The van der Waals surface area contributed by atoms with Gasteiger partial charge in [-0.3, -0.25) is 9.78 Å². The van der Waals surface area contributed by atoms with E-state index in [0.717, 1.165) is 5.75 Å². The van der Waals surface area contributed by atoms with Gasteiger partial charge in [0.2, 0.25) is 0 Å². The number of nitrogen functional groups attached to an aromatic ring is 1. The first kappa shape index (κ1) is 13.8. The Balaban J connectivity index is 1.77. The zero-order valence-electron chi connectivity index (χ0n) is 10.7. The molecule has 0 aliphatic heterocycles. The molecular weight excluding hydrogens is 258 g/mol. The fraction of sp³-hybridized carbons (Fsp3) is 0.154. The van der Waals surface area contributed by atoms with Gasteiger partial charge in [-0.15, -0.1) is 0 Å². The van der Waals surface area contributed by atoms with Crippen molar-refractivity contribution in [1.82, 2.24) is 15.3 Å². The van der Waals surface area contributed by atoms with Crippen LogP contribution in [0.5, 0.6) is 5.75 Å². The number of hydrogen-bond donors (Lipinski definition) is 3. The van der Waals surface area contributed by atoms with Gasteiger partial charge in [-0.2, -0.15) is 0 Å². The fourth-order valence-electron chi connectivity index (χ4n) is 1.49. The van der Waals surface area contributed by atoms with Crippen molar-refractivity contribution in [2.75, 3.05) is 18.6 Å². The van der Waals surface area contributed by atoms with Crippen molar-refractivity contribution >= 4 is 11.7 Å². The summed E-state index contributed by atoms with van der Waals surface area (Å²) in [7, 11) is 0. The molecule has 1 aromatic heterocycles. The van der Waals surface area contributed by atoms with E-state index in [1.165, 1.54) is 12.4 Å². The molecule has 0 radical (unpaired) electrons. The molecule has 2 rings (SSSR count). The molecule has 1 heterocycles. The predicted octanol–water partition coefficient (Wildman–Crippen LogP) is 0.571. The van der Waals surface area contributed by atoms with Crippen molar-refractivity contribution in [3.63, 3.8) is 0 Å². The van der Waals surface area contributed by atoms with Gasteiger partial charge in [0.25, 0.3) is 5.91 Å². The second kappa shape index (κ2) is 7.05. The minimum absolute atomic E-state index is 0.195. The number of nitrogens with one attached hydrogen (secondary N) is 2. The Morgan fingerprint density at radius 2 is 2.05 bits per heavy atom. The minimum Gasteiger partial charge on any atom is -0.492 e. The zero-order chi connectivity index (χ0) is 14.2. The topological polar surface area (TPSA) is 102 Å². The monoisotopic (exact) mass is 273 g/mol. The number of hydrogen-bond acceptors (Lipinski definition) is 6. The number of hydrazine groups is 1. The summed E-state index contributed by atoms with van der Waals surface area (Å²) < 4.78 is 5.45. The number of benzene rings is 1. The summed E-state index contributed by atoms with van der Waals surface area (Å²) in [5.74, 6) is 5.96. The fourth-order valence-corrected chi connectivity index (χ4v) is 1.49. The summed E-state index contributed by atoms with van der Waals surface area (Å²) >= 11 is 0. The highest BCUT2D eigenvalue weighted by atomic mass is 16.5. The number of rotatable bonds is 6. The molecule has 0 bridgehead atoms. The number of nitrogens with two attached hydrogens (primary N) is 1. The predicted molar refractivity (Wildman–Crippen MR) is 74.1 cm³/mol. The van der Waals surface area contributed by atoms with E-state index in [1.54, 1.807) is 0 Å². The van der Waals surface area contributed by atoms with Gasteiger partial charge < -0.3 is 15.5 Å². The van der Waals surface area contributed by atoms with Crippen molar-refractivity contribution in [1.29, 1.82) is 0 Å². The number of carbonyl (C=O) groups excluding carboxylic acids is 1. The smallest absolute Gasteiger partial charge is 0.271 e.